The molecule has 6 nitrogen and oxygen atoms in total. The van der Waals surface area contributed by atoms with Crippen LogP contribution < -0.4 is 11.4 Å². The summed E-state index contributed by atoms with van der Waals surface area (Å²) in [6, 6.07) is 17.0. The highest BCUT2D eigenvalue weighted by Gasteiger charge is 2.21. The normalized spacial score (nSPS) is 11.1. The Kier molecular flexibility index (Phi) is 3.73. The molecule has 0 spiro atoms. The van der Waals surface area contributed by atoms with Gasteiger partial charge in [0.15, 0.2) is 0 Å². The van der Waals surface area contributed by atoms with Crippen molar-refractivity contribution in [3.05, 3.63) is 88.2 Å². The first-order chi connectivity index (χ1) is 12.6. The van der Waals surface area contributed by atoms with Crippen LogP contribution in [0.4, 0.5) is 5.69 Å². The molecule has 6 heteroatoms. The SMILES string of the molecule is Cc1cc2cccc(N)c2n1C(=O)c1c[nH]c(=O)n1Cc1ccccc1. The highest BCUT2D eigenvalue weighted by Crippen LogP contribution is 2.25. The van der Waals surface area contributed by atoms with Crippen molar-refractivity contribution in [1.82, 2.24) is 14.1 Å². The Bertz CT molecular complexity index is 1170. The Morgan fingerprint density at radius 3 is 2.65 bits per heavy atom. The number of aromatic amines is 1. The molecule has 0 aliphatic carbocycles. The number of hydrogen-bond donors (Lipinski definition) is 2. The first-order valence-corrected chi connectivity index (χ1v) is 8.29. The first-order valence-electron chi connectivity index (χ1n) is 8.29. The van der Waals surface area contributed by atoms with Crippen molar-refractivity contribution in [3.63, 3.8) is 0 Å². The van der Waals surface area contributed by atoms with Gasteiger partial charge in [-0.1, -0.05) is 42.5 Å². The molecule has 130 valence electrons. The second kappa shape index (κ2) is 6.07. The van der Waals surface area contributed by atoms with Crippen LogP contribution in [0.15, 0.2) is 65.6 Å². The maximum atomic E-state index is 13.2. The van der Waals surface area contributed by atoms with Crippen molar-refractivity contribution in [2.75, 3.05) is 5.73 Å². The predicted molar refractivity (Wildman–Crippen MR) is 101 cm³/mol. The zero-order chi connectivity index (χ0) is 18.3. The van der Waals surface area contributed by atoms with Crippen molar-refractivity contribution < 1.29 is 4.79 Å². The standard InChI is InChI=1S/C20H18N4O2/c1-13-10-15-8-5-9-16(21)18(15)24(13)19(25)17-11-22-20(26)23(17)12-14-6-3-2-4-7-14/h2-11H,12,21H2,1H3,(H,22,26). The molecule has 0 bridgehead atoms. The molecule has 0 unspecified atom stereocenters. The number of H-pyrrole nitrogens is 1. The van der Waals surface area contributed by atoms with Crippen LogP contribution in [-0.2, 0) is 6.54 Å². The molecule has 0 aliphatic rings. The van der Waals surface area contributed by atoms with Crippen LogP contribution in [0, 0.1) is 6.92 Å². The number of benzene rings is 2. The number of fused-ring (bicyclic) bond motifs is 1. The summed E-state index contributed by atoms with van der Waals surface area (Å²) in [4.78, 5) is 28.1. The molecule has 4 rings (SSSR count). The Morgan fingerprint density at radius 1 is 1.12 bits per heavy atom. The highest BCUT2D eigenvalue weighted by atomic mass is 16.2. The summed E-state index contributed by atoms with van der Waals surface area (Å²) in [7, 11) is 0. The maximum Gasteiger partial charge on any atom is 0.326 e. The van der Waals surface area contributed by atoms with Gasteiger partial charge in [-0.15, -0.1) is 0 Å². The lowest BCUT2D eigenvalue weighted by Crippen LogP contribution is -2.25. The molecular formula is C20H18N4O2. The van der Waals surface area contributed by atoms with E-state index in [4.69, 9.17) is 5.73 Å². The van der Waals surface area contributed by atoms with Gasteiger partial charge in [-0.2, -0.15) is 0 Å². The average Bonchev–Trinajstić information content (AvgIpc) is 3.16. The van der Waals surface area contributed by atoms with Gasteiger partial charge in [0, 0.05) is 17.3 Å². The summed E-state index contributed by atoms with van der Waals surface area (Å²) in [5, 5.41) is 0.892. The molecular weight excluding hydrogens is 328 g/mol. The lowest BCUT2D eigenvalue weighted by molar-refractivity contribution is 0.0954. The number of nitrogen functional groups attached to an aromatic ring is 1. The molecule has 0 amide bonds. The van der Waals surface area contributed by atoms with E-state index in [9.17, 15) is 9.59 Å². The summed E-state index contributed by atoms with van der Waals surface area (Å²) in [5.74, 6) is -0.287. The Balaban J connectivity index is 1.84. The maximum absolute atomic E-state index is 13.2. The molecule has 2 aromatic carbocycles. The molecule has 0 radical (unpaired) electrons. The number of rotatable bonds is 3. The Labute approximate surface area is 149 Å². The third-order valence-corrected chi connectivity index (χ3v) is 4.51. The van der Waals surface area contributed by atoms with E-state index in [1.165, 1.54) is 10.8 Å². The summed E-state index contributed by atoms with van der Waals surface area (Å²) in [6.45, 7) is 2.17. The van der Waals surface area contributed by atoms with Crippen molar-refractivity contribution in [1.29, 1.82) is 0 Å². The first kappa shape index (κ1) is 16.0. The summed E-state index contributed by atoms with van der Waals surface area (Å²) in [5.41, 5.74) is 8.97. The van der Waals surface area contributed by atoms with Crippen LogP contribution in [-0.4, -0.2) is 20.0 Å². The highest BCUT2D eigenvalue weighted by molar-refractivity contribution is 6.05. The van der Waals surface area contributed by atoms with Crippen molar-refractivity contribution in [2.24, 2.45) is 0 Å². The van der Waals surface area contributed by atoms with Gasteiger partial charge in [0.2, 0.25) is 0 Å². The fourth-order valence-electron chi connectivity index (χ4n) is 3.29. The van der Waals surface area contributed by atoms with Crippen LogP contribution in [0.1, 0.15) is 21.7 Å². The van der Waals surface area contributed by atoms with Gasteiger partial charge < -0.3 is 10.7 Å². The number of carbonyl (C=O) groups is 1. The average molecular weight is 346 g/mol. The fraction of sp³-hybridized carbons (Fsp3) is 0.100. The summed E-state index contributed by atoms with van der Waals surface area (Å²) in [6.07, 6.45) is 1.46. The van der Waals surface area contributed by atoms with E-state index in [1.54, 1.807) is 10.6 Å². The number of hydrogen-bond acceptors (Lipinski definition) is 3. The molecule has 3 N–H and O–H groups in total. The topological polar surface area (TPSA) is 85.8 Å². The van der Waals surface area contributed by atoms with E-state index in [0.29, 0.717) is 23.4 Å². The molecule has 26 heavy (non-hydrogen) atoms. The van der Waals surface area contributed by atoms with Gasteiger partial charge in [-0.3, -0.25) is 13.9 Å². The van der Waals surface area contributed by atoms with E-state index in [1.807, 2.05) is 55.5 Å². The lowest BCUT2D eigenvalue weighted by Gasteiger charge is -2.11. The number of aryl methyl sites for hydroxylation is 1. The lowest BCUT2D eigenvalue weighted by atomic mass is 10.2. The monoisotopic (exact) mass is 346 g/mol. The minimum Gasteiger partial charge on any atom is -0.397 e. The van der Waals surface area contributed by atoms with E-state index >= 15 is 0 Å². The van der Waals surface area contributed by atoms with Crippen LogP contribution in [0.3, 0.4) is 0 Å². The Morgan fingerprint density at radius 2 is 1.88 bits per heavy atom. The number of carbonyl (C=O) groups excluding carboxylic acids is 1. The van der Waals surface area contributed by atoms with E-state index < -0.39 is 0 Å². The van der Waals surface area contributed by atoms with Crippen molar-refractivity contribution in [2.45, 2.75) is 13.5 Å². The Hall–Kier alpha value is -3.54. The van der Waals surface area contributed by atoms with E-state index in [2.05, 4.69) is 4.98 Å². The van der Waals surface area contributed by atoms with Gasteiger partial charge in [0.05, 0.1) is 17.7 Å². The molecule has 2 aromatic heterocycles. The van der Waals surface area contributed by atoms with Crippen LogP contribution in [0.5, 0.6) is 0 Å². The third-order valence-electron chi connectivity index (χ3n) is 4.51. The van der Waals surface area contributed by atoms with Gasteiger partial charge in [0.1, 0.15) is 5.69 Å². The molecule has 0 atom stereocenters. The number of nitrogens with zero attached hydrogens (tertiary/aromatic N) is 2. The van der Waals surface area contributed by atoms with Gasteiger partial charge >= 0.3 is 5.69 Å². The van der Waals surface area contributed by atoms with Crippen molar-refractivity contribution >= 4 is 22.5 Å². The predicted octanol–water partition coefficient (Wildman–Crippen LogP) is 2.76. The van der Waals surface area contributed by atoms with Crippen LogP contribution in [0.2, 0.25) is 0 Å². The van der Waals surface area contributed by atoms with Gasteiger partial charge in [0.25, 0.3) is 5.91 Å². The minimum atomic E-state index is -0.320. The second-order valence-corrected chi connectivity index (χ2v) is 6.26. The number of aromatic nitrogens is 3. The van der Waals surface area contributed by atoms with Crippen molar-refractivity contribution in [3.8, 4) is 0 Å². The largest absolute Gasteiger partial charge is 0.397 e. The number of nitrogens with two attached hydrogens (primary N) is 1. The number of nitrogens with one attached hydrogen (secondary N) is 1. The van der Waals surface area contributed by atoms with E-state index in [-0.39, 0.29) is 11.6 Å². The molecule has 0 fully saturated rings. The van der Waals surface area contributed by atoms with E-state index in [0.717, 1.165) is 16.6 Å². The van der Waals surface area contributed by atoms with Gasteiger partial charge in [-0.05, 0) is 24.6 Å². The molecule has 0 aliphatic heterocycles. The second-order valence-electron chi connectivity index (χ2n) is 6.26. The van der Waals surface area contributed by atoms with Gasteiger partial charge in [-0.25, -0.2) is 4.79 Å². The third kappa shape index (κ3) is 2.52. The number of imidazole rings is 1. The molecule has 0 saturated heterocycles. The summed E-state index contributed by atoms with van der Waals surface area (Å²) < 4.78 is 3.01. The zero-order valence-corrected chi connectivity index (χ0v) is 14.3. The molecule has 2 heterocycles. The number of anilines is 1. The van der Waals surface area contributed by atoms with Crippen LogP contribution >= 0.6 is 0 Å². The van der Waals surface area contributed by atoms with Crippen LogP contribution in [0.25, 0.3) is 10.9 Å². The zero-order valence-electron chi connectivity index (χ0n) is 14.3. The smallest absolute Gasteiger partial charge is 0.326 e. The molecule has 4 aromatic rings. The minimum absolute atomic E-state index is 0.287. The fourth-order valence-corrected chi connectivity index (χ4v) is 3.29. The summed E-state index contributed by atoms with van der Waals surface area (Å²) >= 11 is 0. The number of para-hydroxylation sites is 1. The quantitative estimate of drug-likeness (QED) is 0.559. The molecule has 0 saturated carbocycles.